The zero-order chi connectivity index (χ0) is 17.2. The van der Waals surface area contributed by atoms with Crippen molar-refractivity contribution in [2.45, 2.75) is 12.6 Å². The van der Waals surface area contributed by atoms with Gasteiger partial charge in [0, 0.05) is 16.9 Å². The van der Waals surface area contributed by atoms with Crippen molar-refractivity contribution in [3.8, 4) is 0 Å². The summed E-state index contributed by atoms with van der Waals surface area (Å²) in [6.45, 7) is 0. The predicted molar refractivity (Wildman–Crippen MR) is 98.3 cm³/mol. The summed E-state index contributed by atoms with van der Waals surface area (Å²) >= 11 is 0. The number of carbonyl (C=O) groups excluding carboxylic acids is 1. The first-order valence-electron chi connectivity index (χ1n) is 8.19. The zero-order valence-corrected chi connectivity index (χ0v) is 13.6. The summed E-state index contributed by atoms with van der Waals surface area (Å²) in [7, 11) is 0. The smallest absolute Gasteiger partial charge is 0.340 e. The number of nitrogen functional groups attached to an aromatic ring is 1. The van der Waals surface area contributed by atoms with Gasteiger partial charge in [-0.2, -0.15) is 0 Å². The van der Waals surface area contributed by atoms with E-state index in [1.807, 2.05) is 54.6 Å². The van der Waals surface area contributed by atoms with Crippen molar-refractivity contribution in [1.29, 1.82) is 0 Å². The quantitative estimate of drug-likeness (QED) is 0.557. The Balaban J connectivity index is 1.46. The predicted octanol–water partition coefficient (Wildman–Crippen LogP) is 4.14. The van der Waals surface area contributed by atoms with Crippen molar-refractivity contribution in [1.82, 2.24) is 0 Å². The number of hydrogen-bond donors (Lipinski definition) is 2. The van der Waals surface area contributed by atoms with Crippen LogP contribution >= 0.6 is 0 Å². The summed E-state index contributed by atoms with van der Waals surface area (Å²) < 4.78 is 5.41. The van der Waals surface area contributed by atoms with Gasteiger partial charge >= 0.3 is 5.97 Å². The van der Waals surface area contributed by atoms with Gasteiger partial charge in [0.1, 0.15) is 0 Å². The second-order valence-corrected chi connectivity index (χ2v) is 6.13. The van der Waals surface area contributed by atoms with Gasteiger partial charge in [0.05, 0.1) is 5.56 Å². The van der Waals surface area contributed by atoms with E-state index < -0.39 is 6.23 Å². The van der Waals surface area contributed by atoms with E-state index in [4.69, 9.17) is 10.5 Å². The lowest BCUT2D eigenvalue weighted by Gasteiger charge is -2.14. The molecule has 0 amide bonds. The van der Waals surface area contributed by atoms with Crippen molar-refractivity contribution >= 4 is 17.3 Å². The van der Waals surface area contributed by atoms with Crippen molar-refractivity contribution in [2.24, 2.45) is 0 Å². The average Bonchev–Trinajstić information content (AvgIpc) is 2.95. The summed E-state index contributed by atoms with van der Waals surface area (Å²) in [4.78, 5) is 11.9. The highest BCUT2D eigenvalue weighted by Gasteiger charge is 2.30. The van der Waals surface area contributed by atoms with E-state index in [0.29, 0.717) is 5.56 Å². The summed E-state index contributed by atoms with van der Waals surface area (Å²) in [5, 5.41) is 3.27. The fourth-order valence-electron chi connectivity index (χ4n) is 2.99. The van der Waals surface area contributed by atoms with Gasteiger partial charge in [-0.1, -0.05) is 42.5 Å². The topological polar surface area (TPSA) is 64.3 Å². The molecule has 1 aliphatic heterocycles. The third-order valence-electron chi connectivity index (χ3n) is 4.33. The monoisotopic (exact) mass is 330 g/mol. The Morgan fingerprint density at radius 2 is 1.52 bits per heavy atom. The van der Waals surface area contributed by atoms with Gasteiger partial charge in [0.15, 0.2) is 0 Å². The summed E-state index contributed by atoms with van der Waals surface area (Å²) in [5.41, 5.74) is 11.3. The third-order valence-corrected chi connectivity index (χ3v) is 4.33. The number of anilines is 2. The Kier molecular flexibility index (Phi) is 3.86. The highest BCUT2D eigenvalue weighted by molar-refractivity contribution is 5.94. The summed E-state index contributed by atoms with van der Waals surface area (Å²) in [5.74, 6) is -0.284. The van der Waals surface area contributed by atoms with Crippen LogP contribution in [0.4, 0.5) is 11.4 Å². The van der Waals surface area contributed by atoms with E-state index in [0.717, 1.165) is 23.4 Å². The van der Waals surface area contributed by atoms with E-state index in [1.165, 1.54) is 11.1 Å². The van der Waals surface area contributed by atoms with E-state index in [-0.39, 0.29) is 5.97 Å². The van der Waals surface area contributed by atoms with Crippen molar-refractivity contribution < 1.29 is 9.53 Å². The van der Waals surface area contributed by atoms with Crippen LogP contribution in [-0.2, 0) is 11.2 Å². The fraction of sp³-hybridized carbons (Fsp3) is 0.0952. The van der Waals surface area contributed by atoms with Crippen molar-refractivity contribution in [3.63, 3.8) is 0 Å². The molecule has 0 spiro atoms. The van der Waals surface area contributed by atoms with Crippen LogP contribution in [0.15, 0.2) is 72.8 Å². The molecule has 4 rings (SSSR count). The number of esters is 1. The number of nitrogens with one attached hydrogen (secondary N) is 1. The second kappa shape index (κ2) is 6.32. The molecule has 0 aliphatic carbocycles. The number of rotatable bonds is 4. The average molecular weight is 330 g/mol. The molecule has 25 heavy (non-hydrogen) atoms. The number of nitrogens with two attached hydrogens (primary N) is 1. The maximum absolute atomic E-state index is 11.9. The molecular formula is C21H18N2O2. The highest BCUT2D eigenvalue weighted by Crippen LogP contribution is 2.31. The molecule has 0 bridgehead atoms. The lowest BCUT2D eigenvalue weighted by atomic mass is 10.0. The molecule has 0 radical (unpaired) electrons. The first-order chi connectivity index (χ1) is 12.2. The van der Waals surface area contributed by atoms with Crippen LogP contribution in [0.3, 0.4) is 0 Å². The van der Waals surface area contributed by atoms with Crippen LogP contribution in [0.2, 0.25) is 0 Å². The first-order valence-corrected chi connectivity index (χ1v) is 8.19. The van der Waals surface area contributed by atoms with Gasteiger partial charge in [-0.15, -0.1) is 0 Å². The molecule has 0 saturated carbocycles. The third kappa shape index (κ3) is 3.19. The van der Waals surface area contributed by atoms with Crippen LogP contribution in [0.1, 0.15) is 33.3 Å². The van der Waals surface area contributed by atoms with Gasteiger partial charge < -0.3 is 15.8 Å². The minimum Gasteiger partial charge on any atom is -0.434 e. The molecule has 3 N–H and O–H groups in total. The minimum atomic E-state index is -0.438. The molecule has 4 nitrogen and oxygen atoms in total. The van der Waals surface area contributed by atoms with Gasteiger partial charge in [0.2, 0.25) is 6.23 Å². The highest BCUT2D eigenvalue weighted by atomic mass is 16.6. The molecule has 3 aromatic rings. The van der Waals surface area contributed by atoms with Gasteiger partial charge in [0.25, 0.3) is 0 Å². The summed E-state index contributed by atoms with van der Waals surface area (Å²) in [6, 6.07) is 23.5. The molecule has 1 atom stereocenters. The van der Waals surface area contributed by atoms with E-state index >= 15 is 0 Å². The Bertz CT molecular complexity index is 902. The number of cyclic esters (lactones) is 1. The molecule has 124 valence electrons. The minimum absolute atomic E-state index is 0.284. The Labute approximate surface area is 146 Å². The number of benzene rings is 3. The van der Waals surface area contributed by atoms with Gasteiger partial charge in [-0.25, -0.2) is 4.79 Å². The maximum atomic E-state index is 11.9. The molecule has 1 aliphatic rings. The first kappa shape index (κ1) is 15.3. The van der Waals surface area contributed by atoms with Crippen molar-refractivity contribution in [2.75, 3.05) is 11.1 Å². The van der Waals surface area contributed by atoms with Gasteiger partial charge in [-0.3, -0.25) is 0 Å². The molecule has 4 heteroatoms. The molecular weight excluding hydrogens is 312 g/mol. The second-order valence-electron chi connectivity index (χ2n) is 6.13. The molecule has 0 saturated heterocycles. The summed E-state index contributed by atoms with van der Waals surface area (Å²) in [6.07, 6.45) is 0.411. The largest absolute Gasteiger partial charge is 0.434 e. The molecule has 1 unspecified atom stereocenters. The van der Waals surface area contributed by atoms with Crippen LogP contribution in [0.5, 0.6) is 0 Å². The Morgan fingerprint density at radius 3 is 2.24 bits per heavy atom. The van der Waals surface area contributed by atoms with Crippen LogP contribution in [0, 0.1) is 0 Å². The van der Waals surface area contributed by atoms with E-state index in [1.54, 1.807) is 6.07 Å². The maximum Gasteiger partial charge on any atom is 0.340 e. The van der Waals surface area contributed by atoms with Crippen LogP contribution in [0.25, 0.3) is 0 Å². The van der Waals surface area contributed by atoms with E-state index in [9.17, 15) is 4.79 Å². The normalized spacial score (nSPS) is 15.5. The number of hydrogen-bond acceptors (Lipinski definition) is 4. The lowest BCUT2D eigenvalue weighted by molar-refractivity contribution is 0.0437. The SMILES string of the molecule is Nc1ccc(Cc2ccc(NC3OC(=O)c4ccccc43)cc2)cc1. The standard InChI is InChI=1S/C21H18N2O2/c22-16-9-5-14(6-10-16)13-15-7-11-17(12-8-15)23-20-18-3-1-2-4-19(18)21(24)25-20/h1-12,20,23H,13,22H2. The molecule has 3 aromatic carbocycles. The van der Waals surface area contributed by atoms with Crippen LogP contribution in [-0.4, -0.2) is 5.97 Å². The fourth-order valence-corrected chi connectivity index (χ4v) is 2.99. The number of carbonyl (C=O) groups is 1. The number of ether oxygens (including phenoxy) is 1. The molecule has 0 fully saturated rings. The van der Waals surface area contributed by atoms with E-state index in [2.05, 4.69) is 17.4 Å². The lowest BCUT2D eigenvalue weighted by Crippen LogP contribution is -2.10. The van der Waals surface area contributed by atoms with Crippen LogP contribution < -0.4 is 11.1 Å². The molecule has 1 heterocycles. The number of fused-ring (bicyclic) bond motifs is 1. The van der Waals surface area contributed by atoms with Gasteiger partial charge in [-0.05, 0) is 47.9 Å². The molecule has 0 aromatic heterocycles. The van der Waals surface area contributed by atoms with Crippen molar-refractivity contribution in [3.05, 3.63) is 95.1 Å². The Morgan fingerprint density at radius 1 is 0.880 bits per heavy atom. The Hall–Kier alpha value is -3.27. The zero-order valence-electron chi connectivity index (χ0n) is 13.6.